The molecule has 2 aromatic rings. The topological polar surface area (TPSA) is 63.1 Å². The zero-order chi connectivity index (χ0) is 14.0. The van der Waals surface area contributed by atoms with Crippen LogP contribution in [0.1, 0.15) is 16.1 Å². The summed E-state index contributed by atoms with van der Waals surface area (Å²) in [5.41, 5.74) is -1.30. The van der Waals surface area contributed by atoms with E-state index in [1.807, 2.05) is 0 Å². The summed E-state index contributed by atoms with van der Waals surface area (Å²) in [5, 5.41) is 8.67. The lowest BCUT2D eigenvalue weighted by atomic mass is 10.1. The van der Waals surface area contributed by atoms with Crippen LogP contribution in [-0.2, 0) is 6.18 Å². The molecule has 0 atom stereocenters. The normalized spacial score (nSPS) is 11.3. The van der Waals surface area contributed by atoms with Crippen LogP contribution < -0.4 is 0 Å². The Morgan fingerprint density at radius 2 is 1.89 bits per heavy atom. The van der Waals surface area contributed by atoms with E-state index in [1.165, 1.54) is 18.3 Å². The summed E-state index contributed by atoms with van der Waals surface area (Å²) >= 11 is 0. The number of alkyl halides is 3. The molecule has 0 saturated heterocycles. The first kappa shape index (κ1) is 13.0. The summed E-state index contributed by atoms with van der Waals surface area (Å²) in [7, 11) is 0. The number of halogens is 3. The fourth-order valence-electron chi connectivity index (χ4n) is 1.52. The van der Waals surface area contributed by atoms with Crippen LogP contribution >= 0.6 is 0 Å². The summed E-state index contributed by atoms with van der Waals surface area (Å²) < 4.78 is 38.4. The summed E-state index contributed by atoms with van der Waals surface area (Å²) in [6.45, 7) is 0. The number of aromatic carboxylic acids is 1. The minimum Gasteiger partial charge on any atom is -0.477 e. The average molecular weight is 268 g/mol. The summed E-state index contributed by atoms with van der Waals surface area (Å²) in [6, 6.07) is 4.47. The molecule has 0 aliphatic heterocycles. The molecule has 98 valence electrons. The van der Waals surface area contributed by atoms with Crippen molar-refractivity contribution in [1.82, 2.24) is 9.97 Å². The van der Waals surface area contributed by atoms with Gasteiger partial charge in [0.1, 0.15) is 5.69 Å². The quantitative estimate of drug-likeness (QED) is 0.909. The fourth-order valence-corrected chi connectivity index (χ4v) is 1.52. The number of hydrogen-bond acceptors (Lipinski definition) is 3. The maximum absolute atomic E-state index is 12.8. The van der Waals surface area contributed by atoms with Gasteiger partial charge in [0.25, 0.3) is 0 Å². The van der Waals surface area contributed by atoms with Gasteiger partial charge in [-0.05, 0) is 24.3 Å². The van der Waals surface area contributed by atoms with E-state index in [4.69, 9.17) is 5.11 Å². The van der Waals surface area contributed by atoms with Crippen molar-refractivity contribution in [2.24, 2.45) is 0 Å². The van der Waals surface area contributed by atoms with E-state index in [1.54, 1.807) is 0 Å². The first-order chi connectivity index (χ1) is 8.89. The van der Waals surface area contributed by atoms with E-state index >= 15 is 0 Å². The van der Waals surface area contributed by atoms with Crippen LogP contribution in [0.2, 0.25) is 0 Å². The maximum Gasteiger partial charge on any atom is 0.418 e. The van der Waals surface area contributed by atoms with Crippen molar-refractivity contribution in [2.75, 3.05) is 0 Å². The monoisotopic (exact) mass is 268 g/mol. The zero-order valence-corrected chi connectivity index (χ0v) is 9.35. The number of carboxylic acids is 1. The third-order valence-corrected chi connectivity index (χ3v) is 2.37. The Hall–Kier alpha value is -2.44. The Balaban J connectivity index is 2.50. The van der Waals surface area contributed by atoms with Crippen molar-refractivity contribution >= 4 is 5.97 Å². The molecule has 1 N–H and O–H groups in total. The van der Waals surface area contributed by atoms with Crippen LogP contribution in [-0.4, -0.2) is 21.0 Å². The predicted molar refractivity (Wildman–Crippen MR) is 59.4 cm³/mol. The second kappa shape index (κ2) is 4.68. The largest absolute Gasteiger partial charge is 0.477 e. The van der Waals surface area contributed by atoms with Gasteiger partial charge < -0.3 is 5.11 Å². The number of aromatic nitrogens is 2. The number of nitrogens with zero attached hydrogens (tertiary/aromatic N) is 2. The fraction of sp³-hybridized carbons (Fsp3) is 0.0833. The summed E-state index contributed by atoms with van der Waals surface area (Å²) in [5.74, 6) is -1.25. The smallest absolute Gasteiger partial charge is 0.418 e. The van der Waals surface area contributed by atoms with Crippen molar-refractivity contribution < 1.29 is 23.1 Å². The highest BCUT2D eigenvalue weighted by Crippen LogP contribution is 2.35. The predicted octanol–water partition coefficient (Wildman–Crippen LogP) is 2.86. The van der Waals surface area contributed by atoms with Crippen LogP contribution in [0.15, 0.2) is 36.7 Å². The molecule has 4 nitrogen and oxygen atoms in total. The Bertz CT molecular complexity index is 609. The van der Waals surface area contributed by atoms with E-state index < -0.39 is 17.7 Å². The Morgan fingerprint density at radius 1 is 1.16 bits per heavy atom. The van der Waals surface area contributed by atoms with Crippen LogP contribution in [0.3, 0.4) is 0 Å². The Kier molecular flexibility index (Phi) is 3.20. The molecule has 0 radical (unpaired) electrons. The third-order valence-electron chi connectivity index (χ3n) is 2.37. The molecule has 0 saturated carbocycles. The molecule has 0 spiro atoms. The molecule has 19 heavy (non-hydrogen) atoms. The first-order valence-electron chi connectivity index (χ1n) is 5.11. The molecule has 0 aliphatic rings. The summed E-state index contributed by atoms with van der Waals surface area (Å²) in [6.07, 6.45) is -2.24. The SMILES string of the molecule is O=C(O)c1ccc(-c2ncccc2C(F)(F)F)cn1. The molecular weight excluding hydrogens is 261 g/mol. The van der Waals surface area contributed by atoms with Gasteiger partial charge in [-0.15, -0.1) is 0 Å². The second-order valence-corrected chi connectivity index (χ2v) is 3.63. The van der Waals surface area contributed by atoms with E-state index in [-0.39, 0.29) is 17.0 Å². The lowest BCUT2D eigenvalue weighted by Crippen LogP contribution is -2.08. The minimum atomic E-state index is -4.53. The Labute approximate surface area is 105 Å². The standard InChI is InChI=1S/C12H7F3N2O2/c13-12(14,15)8-2-1-5-16-10(8)7-3-4-9(11(18)19)17-6-7/h1-6H,(H,18,19). The number of carbonyl (C=O) groups is 1. The number of carboxylic acid groups (broad SMARTS) is 1. The van der Waals surface area contributed by atoms with Crippen LogP contribution in [0.25, 0.3) is 11.3 Å². The molecule has 7 heteroatoms. The molecule has 0 amide bonds. The molecule has 2 rings (SSSR count). The van der Waals surface area contributed by atoms with Gasteiger partial charge in [-0.1, -0.05) is 0 Å². The minimum absolute atomic E-state index is 0.109. The molecule has 0 aromatic carbocycles. The molecule has 0 bridgehead atoms. The highest BCUT2D eigenvalue weighted by atomic mass is 19.4. The third kappa shape index (κ3) is 2.70. The maximum atomic E-state index is 12.8. The van der Waals surface area contributed by atoms with E-state index in [2.05, 4.69) is 9.97 Å². The molecule has 2 aromatic heterocycles. The Morgan fingerprint density at radius 3 is 2.42 bits per heavy atom. The highest BCUT2D eigenvalue weighted by Gasteiger charge is 2.34. The zero-order valence-electron chi connectivity index (χ0n) is 9.35. The summed E-state index contributed by atoms with van der Waals surface area (Å²) in [4.78, 5) is 17.9. The molecular formula is C12H7F3N2O2. The van der Waals surface area contributed by atoms with Crippen molar-refractivity contribution in [3.8, 4) is 11.3 Å². The molecule has 0 fully saturated rings. The van der Waals surface area contributed by atoms with Crippen molar-refractivity contribution in [3.63, 3.8) is 0 Å². The average Bonchev–Trinajstić information content (AvgIpc) is 2.38. The molecule has 0 aliphatic carbocycles. The number of pyridine rings is 2. The molecule has 2 heterocycles. The van der Waals surface area contributed by atoms with Gasteiger partial charge >= 0.3 is 12.1 Å². The lowest BCUT2D eigenvalue weighted by molar-refractivity contribution is -0.137. The van der Waals surface area contributed by atoms with E-state index in [0.717, 1.165) is 18.3 Å². The number of rotatable bonds is 2. The van der Waals surface area contributed by atoms with Gasteiger partial charge in [-0.2, -0.15) is 13.2 Å². The van der Waals surface area contributed by atoms with E-state index in [0.29, 0.717) is 0 Å². The molecule has 0 unspecified atom stereocenters. The van der Waals surface area contributed by atoms with Gasteiger partial charge in [0, 0.05) is 18.0 Å². The van der Waals surface area contributed by atoms with Crippen LogP contribution in [0, 0.1) is 0 Å². The van der Waals surface area contributed by atoms with Gasteiger partial charge in [0.15, 0.2) is 0 Å². The van der Waals surface area contributed by atoms with Gasteiger partial charge in [-0.3, -0.25) is 4.98 Å². The van der Waals surface area contributed by atoms with Gasteiger partial charge in [0.05, 0.1) is 11.3 Å². The van der Waals surface area contributed by atoms with Gasteiger partial charge in [-0.25, -0.2) is 9.78 Å². The van der Waals surface area contributed by atoms with Crippen molar-refractivity contribution in [2.45, 2.75) is 6.18 Å². The van der Waals surface area contributed by atoms with E-state index in [9.17, 15) is 18.0 Å². The lowest BCUT2D eigenvalue weighted by Gasteiger charge is -2.11. The first-order valence-corrected chi connectivity index (χ1v) is 5.11. The number of hydrogen-bond donors (Lipinski definition) is 1. The van der Waals surface area contributed by atoms with Crippen molar-refractivity contribution in [1.29, 1.82) is 0 Å². The van der Waals surface area contributed by atoms with Crippen LogP contribution in [0.4, 0.5) is 13.2 Å². The van der Waals surface area contributed by atoms with Crippen LogP contribution in [0.5, 0.6) is 0 Å². The van der Waals surface area contributed by atoms with Crippen molar-refractivity contribution in [3.05, 3.63) is 47.9 Å². The highest BCUT2D eigenvalue weighted by molar-refractivity contribution is 5.85. The van der Waals surface area contributed by atoms with Gasteiger partial charge in [0.2, 0.25) is 0 Å². The second-order valence-electron chi connectivity index (χ2n) is 3.63.